The number of allylic oxidation sites excluding steroid dienone is 2. The maximum Gasteiger partial charge on any atom is 0.248 e. The summed E-state index contributed by atoms with van der Waals surface area (Å²) in [6, 6.07) is 5.78. The third-order valence-corrected chi connectivity index (χ3v) is 5.06. The van der Waals surface area contributed by atoms with Gasteiger partial charge in [0.1, 0.15) is 17.3 Å². The monoisotopic (exact) mass is 314 g/mol. The Balaban J connectivity index is 1.88. The SMILES string of the molecule is COc1ccc2c(c1)[C@@H]1C[C@@](C)(OC3=C1C(=O)CC(C)(C)C3)O2. The summed E-state index contributed by atoms with van der Waals surface area (Å²) in [5, 5.41) is 0. The van der Waals surface area contributed by atoms with Gasteiger partial charge in [0.25, 0.3) is 0 Å². The number of ketones is 1. The Bertz CT molecular complexity index is 731. The van der Waals surface area contributed by atoms with Crippen LogP contribution in [0.4, 0.5) is 0 Å². The largest absolute Gasteiger partial charge is 0.497 e. The van der Waals surface area contributed by atoms with E-state index in [-0.39, 0.29) is 17.1 Å². The number of hydrogen-bond donors (Lipinski definition) is 0. The molecule has 0 spiro atoms. The Kier molecular flexibility index (Phi) is 2.88. The number of fused-ring (bicyclic) bond motifs is 5. The van der Waals surface area contributed by atoms with Crippen molar-refractivity contribution in [1.29, 1.82) is 0 Å². The van der Waals surface area contributed by atoms with E-state index < -0.39 is 5.79 Å². The molecule has 4 heteroatoms. The quantitative estimate of drug-likeness (QED) is 0.787. The Morgan fingerprint density at radius 3 is 2.70 bits per heavy atom. The molecule has 1 aliphatic carbocycles. The number of benzene rings is 1. The molecule has 0 N–H and O–H groups in total. The van der Waals surface area contributed by atoms with E-state index in [1.54, 1.807) is 7.11 Å². The molecule has 0 unspecified atom stereocenters. The van der Waals surface area contributed by atoms with Crippen LogP contribution in [-0.4, -0.2) is 18.7 Å². The molecule has 4 rings (SSSR count). The van der Waals surface area contributed by atoms with E-state index in [9.17, 15) is 4.79 Å². The topological polar surface area (TPSA) is 44.8 Å². The first-order chi connectivity index (χ1) is 10.8. The molecule has 3 aliphatic rings. The summed E-state index contributed by atoms with van der Waals surface area (Å²) < 4.78 is 17.6. The van der Waals surface area contributed by atoms with Crippen molar-refractivity contribution >= 4 is 5.78 Å². The van der Waals surface area contributed by atoms with Gasteiger partial charge < -0.3 is 14.2 Å². The molecule has 2 heterocycles. The molecule has 0 fully saturated rings. The Hall–Kier alpha value is -1.97. The van der Waals surface area contributed by atoms with Crippen LogP contribution in [-0.2, 0) is 9.53 Å². The number of carbonyl (C=O) groups is 1. The third-order valence-electron chi connectivity index (χ3n) is 5.06. The molecule has 122 valence electrons. The van der Waals surface area contributed by atoms with Crippen LogP contribution in [0.1, 0.15) is 51.5 Å². The molecule has 1 aromatic rings. The van der Waals surface area contributed by atoms with Gasteiger partial charge in [-0.15, -0.1) is 0 Å². The zero-order valence-electron chi connectivity index (χ0n) is 14.1. The summed E-state index contributed by atoms with van der Waals surface area (Å²) in [6.45, 7) is 6.19. The summed E-state index contributed by atoms with van der Waals surface area (Å²) >= 11 is 0. The van der Waals surface area contributed by atoms with Gasteiger partial charge in [0.05, 0.1) is 7.11 Å². The average Bonchev–Trinajstić information content (AvgIpc) is 2.44. The molecule has 0 saturated carbocycles. The molecule has 2 aliphatic heterocycles. The number of Topliss-reactive ketones (excluding diaryl/α,β-unsaturated/α-hetero) is 1. The number of hydrogen-bond acceptors (Lipinski definition) is 4. The van der Waals surface area contributed by atoms with E-state index in [0.29, 0.717) is 12.8 Å². The molecule has 0 amide bonds. The number of rotatable bonds is 1. The van der Waals surface area contributed by atoms with Crippen LogP contribution >= 0.6 is 0 Å². The van der Waals surface area contributed by atoms with Crippen LogP contribution in [0, 0.1) is 5.41 Å². The first-order valence-electron chi connectivity index (χ1n) is 8.12. The van der Waals surface area contributed by atoms with Crippen molar-refractivity contribution in [2.75, 3.05) is 7.11 Å². The lowest BCUT2D eigenvalue weighted by Crippen LogP contribution is -2.47. The maximum atomic E-state index is 12.8. The summed E-state index contributed by atoms with van der Waals surface area (Å²) in [7, 11) is 1.65. The average molecular weight is 314 g/mol. The van der Waals surface area contributed by atoms with Gasteiger partial charge in [0, 0.05) is 43.2 Å². The highest BCUT2D eigenvalue weighted by Gasteiger charge is 2.50. The molecular formula is C19H22O4. The zero-order chi connectivity index (χ0) is 16.4. The second kappa shape index (κ2) is 4.53. The summed E-state index contributed by atoms with van der Waals surface area (Å²) in [6.07, 6.45) is 2.02. The minimum Gasteiger partial charge on any atom is -0.497 e. The highest BCUT2D eigenvalue weighted by Crippen LogP contribution is 2.54. The summed E-state index contributed by atoms with van der Waals surface area (Å²) in [5.41, 5.74) is 1.82. The number of carbonyl (C=O) groups excluding carboxylic acids is 1. The van der Waals surface area contributed by atoms with Crippen LogP contribution in [0.15, 0.2) is 29.5 Å². The summed E-state index contributed by atoms with van der Waals surface area (Å²) in [5.74, 6) is 1.93. The number of ether oxygens (including phenoxy) is 3. The second-order valence-electron chi connectivity index (χ2n) is 7.78. The van der Waals surface area contributed by atoms with Crippen LogP contribution < -0.4 is 9.47 Å². The van der Waals surface area contributed by atoms with Gasteiger partial charge in [-0.2, -0.15) is 0 Å². The number of methoxy groups -OCH3 is 1. The fourth-order valence-corrected chi connectivity index (χ4v) is 4.11. The van der Waals surface area contributed by atoms with Crippen LogP contribution in [0.25, 0.3) is 0 Å². The van der Waals surface area contributed by atoms with Crippen LogP contribution in [0.3, 0.4) is 0 Å². The Morgan fingerprint density at radius 2 is 1.96 bits per heavy atom. The van der Waals surface area contributed by atoms with Crippen LogP contribution in [0.2, 0.25) is 0 Å². The van der Waals surface area contributed by atoms with Gasteiger partial charge in [0.15, 0.2) is 5.78 Å². The molecule has 23 heavy (non-hydrogen) atoms. The minimum atomic E-state index is -0.696. The molecule has 0 aromatic heterocycles. The smallest absolute Gasteiger partial charge is 0.248 e. The van der Waals surface area contributed by atoms with E-state index in [1.165, 1.54) is 0 Å². The zero-order valence-corrected chi connectivity index (χ0v) is 14.1. The van der Waals surface area contributed by atoms with Gasteiger partial charge >= 0.3 is 0 Å². The molecule has 0 radical (unpaired) electrons. The predicted molar refractivity (Wildman–Crippen MR) is 85.5 cm³/mol. The van der Waals surface area contributed by atoms with Crippen molar-refractivity contribution in [2.24, 2.45) is 5.41 Å². The Labute approximate surface area is 136 Å². The van der Waals surface area contributed by atoms with Crippen molar-refractivity contribution in [3.63, 3.8) is 0 Å². The highest BCUT2D eigenvalue weighted by atomic mass is 16.7. The van der Waals surface area contributed by atoms with E-state index in [4.69, 9.17) is 14.2 Å². The van der Waals surface area contributed by atoms with Gasteiger partial charge in [0.2, 0.25) is 5.79 Å². The lowest BCUT2D eigenvalue weighted by Gasteiger charge is -2.48. The molecule has 2 bridgehead atoms. The fourth-order valence-electron chi connectivity index (χ4n) is 4.11. The van der Waals surface area contributed by atoms with E-state index in [1.807, 2.05) is 25.1 Å². The first-order valence-corrected chi connectivity index (χ1v) is 8.12. The normalized spacial score (nSPS) is 30.8. The standard InChI is InChI=1S/C19H22O4/c1-18(2)9-14(20)17-13-8-19(3,23-16(17)10-18)22-15-6-5-11(21-4)7-12(13)15/h5-7,13H,8-10H2,1-4H3/t13-,19+/m0/s1. The maximum absolute atomic E-state index is 12.8. The van der Waals surface area contributed by atoms with Crippen molar-refractivity contribution in [3.05, 3.63) is 35.1 Å². The lowest BCUT2D eigenvalue weighted by atomic mass is 9.69. The lowest BCUT2D eigenvalue weighted by molar-refractivity contribution is -0.174. The Morgan fingerprint density at radius 1 is 1.17 bits per heavy atom. The van der Waals surface area contributed by atoms with Crippen LogP contribution in [0.5, 0.6) is 11.5 Å². The molecule has 0 saturated heterocycles. The first kappa shape index (κ1) is 14.6. The van der Waals surface area contributed by atoms with Gasteiger partial charge in [-0.05, 0) is 23.6 Å². The molecule has 1 aromatic carbocycles. The molecular weight excluding hydrogens is 292 g/mol. The van der Waals surface area contributed by atoms with E-state index >= 15 is 0 Å². The summed E-state index contributed by atoms with van der Waals surface area (Å²) in [4.78, 5) is 12.8. The van der Waals surface area contributed by atoms with Gasteiger partial charge in [-0.1, -0.05) is 13.8 Å². The minimum absolute atomic E-state index is 0.0335. The fraction of sp³-hybridized carbons (Fsp3) is 0.526. The predicted octanol–water partition coefficient (Wildman–Crippen LogP) is 3.95. The van der Waals surface area contributed by atoms with Gasteiger partial charge in [-0.3, -0.25) is 4.79 Å². The third kappa shape index (κ3) is 2.23. The second-order valence-corrected chi connectivity index (χ2v) is 7.78. The van der Waals surface area contributed by atoms with Gasteiger partial charge in [-0.25, -0.2) is 0 Å². The van der Waals surface area contributed by atoms with E-state index in [2.05, 4.69) is 13.8 Å². The molecule has 4 nitrogen and oxygen atoms in total. The highest BCUT2D eigenvalue weighted by molar-refractivity contribution is 5.99. The molecule has 2 atom stereocenters. The van der Waals surface area contributed by atoms with Crippen molar-refractivity contribution < 1.29 is 19.0 Å². The van der Waals surface area contributed by atoms with Crippen molar-refractivity contribution in [1.82, 2.24) is 0 Å². The van der Waals surface area contributed by atoms with Crippen molar-refractivity contribution in [2.45, 2.75) is 51.7 Å². The van der Waals surface area contributed by atoms with Crippen molar-refractivity contribution in [3.8, 4) is 11.5 Å². The van der Waals surface area contributed by atoms with E-state index in [0.717, 1.165) is 34.8 Å².